The van der Waals surface area contributed by atoms with Gasteiger partial charge >= 0.3 is 0 Å². The average Bonchev–Trinajstić information content (AvgIpc) is 2.92. The molecule has 6 nitrogen and oxygen atoms in total. The van der Waals surface area contributed by atoms with Crippen molar-refractivity contribution in [1.29, 1.82) is 0 Å². The number of nitrogens with one attached hydrogen (secondary N) is 2. The summed E-state index contributed by atoms with van der Waals surface area (Å²) in [6.07, 6.45) is 0. The van der Waals surface area contributed by atoms with Gasteiger partial charge in [0.1, 0.15) is 5.76 Å². The van der Waals surface area contributed by atoms with E-state index in [-0.39, 0.29) is 17.6 Å². The molecule has 0 aliphatic carbocycles. The second kappa shape index (κ2) is 8.34. The molecular weight excluding hydrogens is 394 g/mol. The van der Waals surface area contributed by atoms with E-state index in [0.29, 0.717) is 11.6 Å². The number of thioether (sulfide) groups is 1. The van der Waals surface area contributed by atoms with Crippen molar-refractivity contribution in [3.05, 3.63) is 40.1 Å². The number of anilines is 2. The summed E-state index contributed by atoms with van der Waals surface area (Å²) < 4.78 is 5.85. The second-order valence-corrected chi connectivity index (χ2v) is 7.52. The molecule has 8 heteroatoms. The van der Waals surface area contributed by atoms with Gasteiger partial charge in [0, 0.05) is 16.2 Å². The van der Waals surface area contributed by atoms with Crippen LogP contribution in [0, 0.1) is 13.8 Å². The minimum atomic E-state index is -0.390. The summed E-state index contributed by atoms with van der Waals surface area (Å²) in [5.41, 5.74) is 1.73. The van der Waals surface area contributed by atoms with Crippen LogP contribution in [0.4, 0.5) is 11.5 Å². The number of halogens is 1. The normalized spacial score (nSPS) is 11.8. The number of hydrogen-bond donors (Lipinski definition) is 2. The van der Waals surface area contributed by atoms with Crippen LogP contribution >= 0.6 is 27.7 Å². The highest BCUT2D eigenvalue weighted by Crippen LogP contribution is 2.21. The molecule has 0 aliphatic heterocycles. The lowest BCUT2D eigenvalue weighted by molar-refractivity contribution is -0.115. The number of nitrogens with zero attached hydrogens (tertiary/aromatic N) is 1. The zero-order valence-corrected chi connectivity index (χ0v) is 16.0. The Hall–Kier alpha value is -1.80. The average molecular weight is 412 g/mol. The lowest BCUT2D eigenvalue weighted by Gasteiger charge is -2.11. The van der Waals surface area contributed by atoms with Gasteiger partial charge in [-0.05, 0) is 44.5 Å². The van der Waals surface area contributed by atoms with E-state index in [0.717, 1.165) is 15.7 Å². The van der Waals surface area contributed by atoms with Gasteiger partial charge in [-0.15, -0.1) is 11.8 Å². The van der Waals surface area contributed by atoms with E-state index < -0.39 is 5.25 Å². The van der Waals surface area contributed by atoms with E-state index in [9.17, 15) is 9.59 Å². The van der Waals surface area contributed by atoms with E-state index in [1.807, 2.05) is 25.1 Å². The topological polar surface area (TPSA) is 84.2 Å². The van der Waals surface area contributed by atoms with E-state index in [2.05, 4.69) is 31.7 Å². The van der Waals surface area contributed by atoms with Crippen molar-refractivity contribution in [2.75, 3.05) is 16.4 Å². The van der Waals surface area contributed by atoms with Crippen LogP contribution in [0.15, 0.2) is 33.3 Å². The quantitative estimate of drug-likeness (QED) is 0.755. The zero-order valence-electron chi connectivity index (χ0n) is 13.6. The Morgan fingerprint density at radius 3 is 2.67 bits per heavy atom. The largest absolute Gasteiger partial charge is 0.360 e. The summed E-state index contributed by atoms with van der Waals surface area (Å²) in [6.45, 7) is 5.41. The fourth-order valence-electron chi connectivity index (χ4n) is 1.88. The first-order valence-electron chi connectivity index (χ1n) is 7.27. The summed E-state index contributed by atoms with van der Waals surface area (Å²) in [4.78, 5) is 24.1. The molecule has 0 saturated heterocycles. The summed E-state index contributed by atoms with van der Waals surface area (Å²) in [5.74, 6) is 0.806. The van der Waals surface area contributed by atoms with Crippen molar-refractivity contribution >= 4 is 51.0 Å². The number of hydrogen-bond acceptors (Lipinski definition) is 5. The van der Waals surface area contributed by atoms with Crippen LogP contribution in [-0.4, -0.2) is 28.0 Å². The third-order valence-electron chi connectivity index (χ3n) is 3.18. The first-order chi connectivity index (χ1) is 11.3. The van der Waals surface area contributed by atoms with E-state index in [1.165, 1.54) is 11.8 Å². The maximum Gasteiger partial charge on any atom is 0.238 e. The monoisotopic (exact) mass is 411 g/mol. The van der Waals surface area contributed by atoms with Crippen LogP contribution in [0.25, 0.3) is 0 Å². The number of benzene rings is 1. The van der Waals surface area contributed by atoms with E-state index in [4.69, 9.17) is 4.52 Å². The minimum Gasteiger partial charge on any atom is -0.360 e. The van der Waals surface area contributed by atoms with Gasteiger partial charge in [0.15, 0.2) is 5.82 Å². The van der Waals surface area contributed by atoms with Gasteiger partial charge < -0.3 is 15.2 Å². The summed E-state index contributed by atoms with van der Waals surface area (Å²) in [5, 5.41) is 8.81. The van der Waals surface area contributed by atoms with Crippen molar-refractivity contribution in [2.24, 2.45) is 0 Å². The van der Waals surface area contributed by atoms with E-state index in [1.54, 1.807) is 19.9 Å². The number of amides is 2. The van der Waals surface area contributed by atoms with Crippen LogP contribution in [0.3, 0.4) is 0 Å². The molecule has 2 N–H and O–H groups in total. The third kappa shape index (κ3) is 5.38. The lowest BCUT2D eigenvalue weighted by Crippen LogP contribution is -2.25. The van der Waals surface area contributed by atoms with Gasteiger partial charge in [0.25, 0.3) is 0 Å². The smallest absolute Gasteiger partial charge is 0.238 e. The Bertz CT molecular complexity index is 748. The molecule has 1 aromatic carbocycles. The van der Waals surface area contributed by atoms with Gasteiger partial charge in [-0.3, -0.25) is 9.59 Å². The van der Waals surface area contributed by atoms with Crippen molar-refractivity contribution in [2.45, 2.75) is 26.0 Å². The number of aromatic nitrogens is 1. The standard InChI is InChI=1S/C16H18BrN3O3S/c1-9-6-12(17)4-5-13(9)18-15(21)8-24-11(3)16(22)19-14-7-10(2)23-20-14/h4-7,11H,8H2,1-3H3,(H,18,21)(H,19,20,22)/t11-/m0/s1. The predicted molar refractivity (Wildman–Crippen MR) is 99.3 cm³/mol. The summed E-state index contributed by atoms with van der Waals surface area (Å²) in [7, 11) is 0. The van der Waals surface area contributed by atoms with Crippen molar-refractivity contribution in [3.63, 3.8) is 0 Å². The maximum absolute atomic E-state index is 12.0. The molecule has 1 aromatic heterocycles. The van der Waals surface area contributed by atoms with Gasteiger partial charge in [-0.25, -0.2) is 0 Å². The van der Waals surface area contributed by atoms with E-state index >= 15 is 0 Å². The van der Waals surface area contributed by atoms with Crippen LogP contribution in [0.2, 0.25) is 0 Å². The highest BCUT2D eigenvalue weighted by molar-refractivity contribution is 9.10. The lowest BCUT2D eigenvalue weighted by atomic mass is 10.2. The Labute approximate surface area is 152 Å². The predicted octanol–water partition coefficient (Wildman–Crippen LogP) is 3.75. The van der Waals surface area contributed by atoms with Crippen LogP contribution in [-0.2, 0) is 9.59 Å². The number of carbonyl (C=O) groups excluding carboxylic acids is 2. The molecule has 128 valence electrons. The first-order valence-corrected chi connectivity index (χ1v) is 9.11. The number of carbonyl (C=O) groups is 2. The van der Waals surface area contributed by atoms with Crippen LogP contribution in [0.5, 0.6) is 0 Å². The molecule has 0 unspecified atom stereocenters. The van der Waals surface area contributed by atoms with Crippen molar-refractivity contribution < 1.29 is 14.1 Å². The molecule has 1 atom stereocenters. The van der Waals surface area contributed by atoms with Gasteiger partial charge in [0.05, 0.1) is 11.0 Å². The molecule has 2 rings (SSSR count). The van der Waals surface area contributed by atoms with Crippen LogP contribution in [0.1, 0.15) is 18.2 Å². The van der Waals surface area contributed by atoms with Gasteiger partial charge in [0.2, 0.25) is 11.8 Å². The third-order valence-corrected chi connectivity index (χ3v) is 4.81. The molecule has 2 amide bonds. The molecule has 0 saturated carbocycles. The Morgan fingerprint density at radius 1 is 1.29 bits per heavy atom. The van der Waals surface area contributed by atoms with Crippen molar-refractivity contribution in [3.8, 4) is 0 Å². The number of rotatable bonds is 6. The van der Waals surface area contributed by atoms with Crippen LogP contribution < -0.4 is 10.6 Å². The first kappa shape index (κ1) is 18.5. The van der Waals surface area contributed by atoms with Gasteiger partial charge in [-0.2, -0.15) is 0 Å². The highest BCUT2D eigenvalue weighted by atomic mass is 79.9. The SMILES string of the molecule is Cc1cc(NC(=O)[C@H](C)SCC(=O)Nc2ccc(Br)cc2C)no1. The minimum absolute atomic E-state index is 0.151. The summed E-state index contributed by atoms with van der Waals surface area (Å²) >= 11 is 4.64. The molecule has 2 aromatic rings. The second-order valence-electron chi connectivity index (χ2n) is 5.27. The number of aryl methyl sites for hydroxylation is 2. The summed E-state index contributed by atoms with van der Waals surface area (Å²) in [6, 6.07) is 7.27. The highest BCUT2D eigenvalue weighted by Gasteiger charge is 2.17. The molecule has 0 fully saturated rings. The fraction of sp³-hybridized carbons (Fsp3) is 0.312. The zero-order chi connectivity index (χ0) is 17.7. The molecular formula is C16H18BrN3O3S. The fourth-order valence-corrected chi connectivity index (χ4v) is 3.04. The van der Waals surface area contributed by atoms with Gasteiger partial charge in [-0.1, -0.05) is 21.1 Å². The molecule has 0 aliphatic rings. The molecule has 24 heavy (non-hydrogen) atoms. The Kier molecular flexibility index (Phi) is 6.44. The molecule has 1 heterocycles. The molecule has 0 radical (unpaired) electrons. The molecule has 0 bridgehead atoms. The Morgan fingerprint density at radius 2 is 2.04 bits per heavy atom. The molecule has 0 spiro atoms. The van der Waals surface area contributed by atoms with Crippen molar-refractivity contribution in [1.82, 2.24) is 5.16 Å². The maximum atomic E-state index is 12.0. The Balaban J connectivity index is 1.81.